The number of nitrogens with one attached hydrogen (secondary N) is 2. The standard InChI is InChI=1S/C34H31N5O4S2/c1-21(40)39-17-4-15-34(39)30(31(34)42)35-24-13-9-23(10-14-24)33-37-27(20-45-33)22-7-11-25(12-8-22)36-32(43)28-6-2-16-38(28)29(41)19-26-5-3-18-44-26/h2-3,5-14,18,20,28,30,35H,4,15-17,19H2,1H3,(H,36,43)/t28-,30?,34?/m0/s1. The minimum absolute atomic E-state index is 0.0500. The molecule has 1 spiro atoms. The number of likely N-dealkylation sites (tertiary alicyclic amines) is 1. The SMILES string of the molecule is CC(=O)N1CCCC12C(=O)C2Nc1ccc(-c2nc(-c3ccc(NC(=O)[C@@H]4C=CCN4C(=O)Cc4cccs4)cc3)cs2)cc1. The number of anilines is 2. The van der Waals surface area contributed by atoms with Gasteiger partial charge in [-0.05, 0) is 60.7 Å². The van der Waals surface area contributed by atoms with Gasteiger partial charge in [0, 0.05) is 52.8 Å². The number of carbonyl (C=O) groups is 4. The van der Waals surface area contributed by atoms with Crippen LogP contribution in [0, 0.1) is 0 Å². The van der Waals surface area contributed by atoms with Gasteiger partial charge in [0.2, 0.25) is 11.8 Å². The predicted molar refractivity (Wildman–Crippen MR) is 176 cm³/mol. The number of Topliss-reactive ketones (excluding diaryl/α,β-unsaturated/α-hetero) is 1. The number of aromatic nitrogens is 1. The van der Waals surface area contributed by atoms with Gasteiger partial charge >= 0.3 is 0 Å². The van der Waals surface area contributed by atoms with E-state index in [2.05, 4.69) is 10.6 Å². The average Bonchev–Trinajstić information content (AvgIpc) is 3.76. The number of hydrogen-bond donors (Lipinski definition) is 2. The van der Waals surface area contributed by atoms with Gasteiger partial charge in [0.1, 0.15) is 22.6 Å². The highest BCUT2D eigenvalue weighted by molar-refractivity contribution is 7.13. The molecule has 7 rings (SSSR count). The summed E-state index contributed by atoms with van der Waals surface area (Å²) in [6.07, 6.45) is 5.48. The first-order valence-corrected chi connectivity index (χ1v) is 16.6. The highest BCUT2D eigenvalue weighted by atomic mass is 32.1. The summed E-state index contributed by atoms with van der Waals surface area (Å²) in [4.78, 5) is 59.7. The molecule has 3 aliphatic rings. The molecule has 2 aromatic heterocycles. The van der Waals surface area contributed by atoms with E-state index in [1.165, 1.54) is 18.3 Å². The Bertz CT molecular complexity index is 1800. The third kappa shape index (κ3) is 5.46. The van der Waals surface area contributed by atoms with Crippen molar-refractivity contribution in [2.45, 2.75) is 43.8 Å². The van der Waals surface area contributed by atoms with Gasteiger partial charge < -0.3 is 20.4 Å². The number of ketones is 1. The Hall–Kier alpha value is -4.61. The lowest BCUT2D eigenvalue weighted by molar-refractivity contribution is -0.135. The third-order valence-corrected chi connectivity index (χ3v) is 10.5. The van der Waals surface area contributed by atoms with Crippen LogP contribution in [0.25, 0.3) is 21.8 Å². The molecule has 2 aromatic carbocycles. The molecule has 1 saturated carbocycles. The summed E-state index contributed by atoms with van der Waals surface area (Å²) >= 11 is 3.07. The zero-order valence-corrected chi connectivity index (χ0v) is 26.2. The van der Waals surface area contributed by atoms with Gasteiger partial charge in [-0.3, -0.25) is 19.2 Å². The van der Waals surface area contributed by atoms with Gasteiger partial charge in [-0.25, -0.2) is 4.98 Å². The normalized spacial score (nSPS) is 21.8. The van der Waals surface area contributed by atoms with Crippen LogP contribution in [-0.4, -0.2) is 69.0 Å². The lowest BCUT2D eigenvalue weighted by Gasteiger charge is -2.23. The Kier molecular flexibility index (Phi) is 7.58. The molecule has 1 aliphatic carbocycles. The second kappa shape index (κ2) is 11.7. The smallest absolute Gasteiger partial charge is 0.251 e. The molecule has 2 unspecified atom stereocenters. The first kappa shape index (κ1) is 29.1. The van der Waals surface area contributed by atoms with Crippen molar-refractivity contribution in [3.8, 4) is 21.8 Å². The second-order valence-corrected chi connectivity index (χ2v) is 13.4. The molecular formula is C34H31N5O4S2. The minimum Gasteiger partial charge on any atom is -0.373 e. The number of carbonyl (C=O) groups excluding carboxylic acids is 4. The summed E-state index contributed by atoms with van der Waals surface area (Å²) in [5.41, 5.74) is 3.52. The number of hydrogen-bond acceptors (Lipinski definition) is 8. The molecular weight excluding hydrogens is 607 g/mol. The molecule has 11 heteroatoms. The molecule has 2 fully saturated rings. The molecule has 4 heterocycles. The molecule has 228 valence electrons. The summed E-state index contributed by atoms with van der Waals surface area (Å²) < 4.78 is 0. The van der Waals surface area contributed by atoms with E-state index in [9.17, 15) is 19.2 Å². The molecule has 3 atom stereocenters. The quantitative estimate of drug-likeness (QED) is 0.256. The zero-order valence-electron chi connectivity index (χ0n) is 24.6. The van der Waals surface area contributed by atoms with Gasteiger partial charge in [0.15, 0.2) is 5.78 Å². The maximum atomic E-state index is 13.1. The van der Waals surface area contributed by atoms with Gasteiger partial charge in [-0.15, -0.1) is 22.7 Å². The van der Waals surface area contributed by atoms with Crippen LogP contribution in [0.1, 0.15) is 24.6 Å². The third-order valence-electron chi connectivity index (χ3n) is 8.73. The van der Waals surface area contributed by atoms with Crippen molar-refractivity contribution in [1.29, 1.82) is 0 Å². The van der Waals surface area contributed by atoms with Gasteiger partial charge in [0.25, 0.3) is 5.91 Å². The average molecular weight is 638 g/mol. The molecule has 2 aliphatic heterocycles. The molecule has 1 saturated heterocycles. The van der Waals surface area contributed by atoms with Crippen LogP contribution in [0.3, 0.4) is 0 Å². The summed E-state index contributed by atoms with van der Waals surface area (Å²) in [6, 6.07) is 18.2. The van der Waals surface area contributed by atoms with Crippen molar-refractivity contribution in [2.75, 3.05) is 23.7 Å². The maximum absolute atomic E-state index is 13.1. The summed E-state index contributed by atoms with van der Waals surface area (Å²) in [5, 5.41) is 11.1. The Morgan fingerprint density at radius 2 is 1.76 bits per heavy atom. The number of amides is 3. The van der Waals surface area contributed by atoms with Gasteiger partial charge in [-0.1, -0.05) is 30.4 Å². The van der Waals surface area contributed by atoms with Crippen LogP contribution in [0.4, 0.5) is 11.4 Å². The van der Waals surface area contributed by atoms with Gasteiger partial charge in [-0.2, -0.15) is 0 Å². The van der Waals surface area contributed by atoms with Crippen LogP contribution in [-0.2, 0) is 25.6 Å². The molecule has 2 N–H and O–H groups in total. The Balaban J connectivity index is 0.961. The predicted octanol–water partition coefficient (Wildman–Crippen LogP) is 5.23. The van der Waals surface area contributed by atoms with Crippen molar-refractivity contribution < 1.29 is 19.2 Å². The second-order valence-electron chi connectivity index (χ2n) is 11.5. The monoisotopic (exact) mass is 637 g/mol. The van der Waals surface area contributed by atoms with E-state index >= 15 is 0 Å². The number of rotatable bonds is 8. The van der Waals surface area contributed by atoms with Crippen LogP contribution in [0.5, 0.6) is 0 Å². The van der Waals surface area contributed by atoms with Crippen molar-refractivity contribution in [1.82, 2.24) is 14.8 Å². The van der Waals surface area contributed by atoms with E-state index < -0.39 is 11.6 Å². The maximum Gasteiger partial charge on any atom is 0.251 e. The van der Waals surface area contributed by atoms with E-state index in [4.69, 9.17) is 4.98 Å². The number of nitrogens with zero attached hydrogens (tertiary/aromatic N) is 3. The molecule has 45 heavy (non-hydrogen) atoms. The van der Waals surface area contributed by atoms with Crippen LogP contribution >= 0.6 is 22.7 Å². The van der Waals surface area contributed by atoms with Crippen LogP contribution < -0.4 is 10.6 Å². The summed E-state index contributed by atoms with van der Waals surface area (Å²) in [7, 11) is 0. The Morgan fingerprint density at radius 3 is 2.49 bits per heavy atom. The molecule has 0 bridgehead atoms. The Morgan fingerprint density at radius 1 is 1.00 bits per heavy atom. The van der Waals surface area contributed by atoms with E-state index in [1.54, 1.807) is 27.2 Å². The van der Waals surface area contributed by atoms with E-state index in [0.29, 0.717) is 25.2 Å². The largest absolute Gasteiger partial charge is 0.373 e. The summed E-state index contributed by atoms with van der Waals surface area (Å²) in [5.74, 6) is -0.275. The molecule has 0 radical (unpaired) electrons. The molecule has 9 nitrogen and oxygen atoms in total. The van der Waals surface area contributed by atoms with Crippen molar-refractivity contribution in [3.05, 3.63) is 88.5 Å². The van der Waals surface area contributed by atoms with Crippen molar-refractivity contribution in [3.63, 3.8) is 0 Å². The van der Waals surface area contributed by atoms with E-state index in [1.807, 2.05) is 77.5 Å². The van der Waals surface area contributed by atoms with Crippen LogP contribution in [0.15, 0.2) is 83.6 Å². The van der Waals surface area contributed by atoms with Crippen LogP contribution in [0.2, 0.25) is 0 Å². The highest BCUT2D eigenvalue weighted by Crippen LogP contribution is 2.48. The first-order chi connectivity index (χ1) is 21.8. The van der Waals surface area contributed by atoms with E-state index in [-0.39, 0.29) is 36.0 Å². The fourth-order valence-corrected chi connectivity index (χ4v) is 7.91. The van der Waals surface area contributed by atoms with Crippen molar-refractivity contribution >= 4 is 57.6 Å². The lowest BCUT2D eigenvalue weighted by atomic mass is 10.1. The number of thiazole rings is 1. The minimum atomic E-state index is -0.676. The van der Waals surface area contributed by atoms with Gasteiger partial charge in [0.05, 0.1) is 12.1 Å². The lowest BCUT2D eigenvalue weighted by Crippen LogP contribution is -2.44. The first-order valence-electron chi connectivity index (χ1n) is 14.9. The number of thiophene rings is 1. The number of benzene rings is 2. The van der Waals surface area contributed by atoms with Crippen molar-refractivity contribution in [2.24, 2.45) is 0 Å². The highest BCUT2D eigenvalue weighted by Gasteiger charge is 2.70. The fraction of sp³-hybridized carbons (Fsp3) is 0.265. The zero-order chi connectivity index (χ0) is 31.1. The summed E-state index contributed by atoms with van der Waals surface area (Å²) in [6.45, 7) is 2.59. The topological polar surface area (TPSA) is 112 Å². The molecule has 3 amide bonds. The van der Waals surface area contributed by atoms with E-state index in [0.717, 1.165) is 38.8 Å². The Labute approximate surface area is 268 Å². The fourth-order valence-electron chi connectivity index (χ4n) is 6.38. The molecule has 4 aromatic rings.